The normalized spacial score (nSPS) is 13.3. The Balaban J connectivity index is 4.40. The zero-order valence-electron chi connectivity index (χ0n) is 39.2. The predicted octanol–water partition coefficient (Wildman–Crippen LogP) is 15.3. The monoisotopic (exact) mass is 820 g/mol. The van der Waals surface area contributed by atoms with Gasteiger partial charge in [0.15, 0.2) is 0 Å². The Hall–Kier alpha value is -1.40. The second-order valence-corrected chi connectivity index (χ2v) is 17.9. The summed E-state index contributed by atoms with van der Waals surface area (Å²) in [5.41, 5.74) is 0. The van der Waals surface area contributed by atoms with Gasteiger partial charge in [-0.2, -0.15) is 0 Å². The Bertz CT molecular complexity index is 878. The third-order valence-corrected chi connectivity index (χ3v) is 12.1. The van der Waals surface area contributed by atoms with Gasteiger partial charge in [-0.05, 0) is 51.4 Å². The molecule has 1 amide bonds. The molecule has 0 aromatic rings. The van der Waals surface area contributed by atoms with Crippen LogP contribution in [0.2, 0.25) is 0 Å². The Morgan fingerprint density at radius 1 is 0.483 bits per heavy atom. The summed E-state index contributed by atoms with van der Waals surface area (Å²) in [5.74, 6) is -0.475. The first kappa shape index (κ1) is 56.6. The van der Waals surface area contributed by atoms with Crippen LogP contribution in [0, 0.1) is 0 Å². The molecule has 0 aliphatic rings. The lowest BCUT2D eigenvalue weighted by atomic mass is 10.0. The summed E-state index contributed by atoms with van der Waals surface area (Å²) in [6.07, 6.45) is 51.4. The van der Waals surface area contributed by atoms with Gasteiger partial charge in [0.25, 0.3) is 0 Å². The molecular weight excluding hydrogens is 719 g/mol. The van der Waals surface area contributed by atoms with E-state index in [4.69, 9.17) is 4.74 Å². The number of aliphatic hydroxyl groups is 2. The van der Waals surface area contributed by atoms with Gasteiger partial charge in [-0.25, -0.2) is 0 Å². The third kappa shape index (κ3) is 41.3. The van der Waals surface area contributed by atoms with E-state index in [-0.39, 0.29) is 24.9 Å². The quantitative estimate of drug-likeness (QED) is 0.0323. The molecule has 3 unspecified atom stereocenters. The minimum Gasteiger partial charge on any atom is -0.462 e. The number of aliphatic hydroxyl groups excluding tert-OH is 2. The smallest absolute Gasteiger partial charge is 0.306 e. The lowest BCUT2D eigenvalue weighted by Crippen LogP contribution is -2.46. The Morgan fingerprint density at radius 2 is 0.828 bits per heavy atom. The van der Waals surface area contributed by atoms with Crippen molar-refractivity contribution in [3.63, 3.8) is 0 Å². The Labute approximate surface area is 361 Å². The van der Waals surface area contributed by atoms with Gasteiger partial charge in [0.1, 0.15) is 6.10 Å². The number of ether oxygens (including phenoxy) is 1. The molecule has 0 aliphatic heterocycles. The van der Waals surface area contributed by atoms with Gasteiger partial charge in [0.05, 0.1) is 25.2 Å². The molecule has 0 radical (unpaired) electrons. The van der Waals surface area contributed by atoms with Crippen molar-refractivity contribution in [2.24, 2.45) is 0 Å². The molecule has 0 aromatic heterocycles. The van der Waals surface area contributed by atoms with Gasteiger partial charge in [-0.3, -0.25) is 9.59 Å². The summed E-state index contributed by atoms with van der Waals surface area (Å²) in [5, 5.41) is 23.7. The van der Waals surface area contributed by atoms with E-state index in [1.807, 2.05) is 0 Å². The van der Waals surface area contributed by atoms with E-state index >= 15 is 0 Å². The van der Waals surface area contributed by atoms with E-state index < -0.39 is 18.2 Å². The summed E-state index contributed by atoms with van der Waals surface area (Å²) < 4.78 is 5.92. The first-order chi connectivity index (χ1) is 28.5. The van der Waals surface area contributed by atoms with Crippen molar-refractivity contribution in [2.75, 3.05) is 6.61 Å². The fourth-order valence-electron chi connectivity index (χ4n) is 8.13. The molecule has 0 saturated carbocycles. The maximum absolute atomic E-state index is 13.1. The van der Waals surface area contributed by atoms with Crippen molar-refractivity contribution in [3.05, 3.63) is 12.2 Å². The van der Waals surface area contributed by atoms with Gasteiger partial charge in [0.2, 0.25) is 5.91 Å². The molecule has 344 valence electrons. The van der Waals surface area contributed by atoms with Gasteiger partial charge in [0, 0.05) is 6.42 Å². The number of carbonyl (C=O) groups is 2. The van der Waals surface area contributed by atoms with E-state index in [1.165, 1.54) is 173 Å². The largest absolute Gasteiger partial charge is 0.462 e. The van der Waals surface area contributed by atoms with E-state index in [2.05, 4.69) is 38.2 Å². The molecule has 58 heavy (non-hydrogen) atoms. The summed E-state index contributed by atoms with van der Waals surface area (Å²) in [7, 11) is 0. The molecule has 0 spiro atoms. The van der Waals surface area contributed by atoms with Gasteiger partial charge < -0.3 is 20.3 Å². The van der Waals surface area contributed by atoms with Crippen molar-refractivity contribution in [1.82, 2.24) is 5.32 Å². The highest BCUT2D eigenvalue weighted by Gasteiger charge is 2.24. The van der Waals surface area contributed by atoms with Crippen molar-refractivity contribution in [1.29, 1.82) is 0 Å². The SMILES string of the molecule is CCCCC/C=C\CCCCCC(CC(=O)NC(CO)C(O)CCCCCCCCCCCC)OC(=O)CCCCCCCCCCCCCCCCCCCCC. The molecule has 3 atom stereocenters. The molecule has 6 heteroatoms. The van der Waals surface area contributed by atoms with Crippen molar-refractivity contribution in [3.8, 4) is 0 Å². The summed E-state index contributed by atoms with van der Waals surface area (Å²) in [6, 6.07) is -0.698. The van der Waals surface area contributed by atoms with Gasteiger partial charge >= 0.3 is 5.97 Å². The molecule has 0 saturated heterocycles. The van der Waals surface area contributed by atoms with Gasteiger partial charge in [-0.1, -0.05) is 232 Å². The predicted molar refractivity (Wildman–Crippen MR) is 250 cm³/mol. The molecular formula is C52H101NO5. The minimum absolute atomic E-state index is 0.0732. The topological polar surface area (TPSA) is 95.9 Å². The zero-order valence-corrected chi connectivity index (χ0v) is 39.2. The molecule has 0 aromatic carbocycles. The highest BCUT2D eigenvalue weighted by Crippen LogP contribution is 2.18. The molecule has 0 aliphatic carbocycles. The number of hydrogen-bond acceptors (Lipinski definition) is 5. The van der Waals surface area contributed by atoms with Crippen LogP contribution in [0.25, 0.3) is 0 Å². The van der Waals surface area contributed by atoms with Crippen LogP contribution in [-0.4, -0.2) is 46.9 Å². The average molecular weight is 820 g/mol. The summed E-state index contributed by atoms with van der Waals surface area (Å²) in [4.78, 5) is 26.1. The maximum Gasteiger partial charge on any atom is 0.306 e. The number of allylic oxidation sites excluding steroid dienone is 2. The average Bonchev–Trinajstić information content (AvgIpc) is 3.22. The van der Waals surface area contributed by atoms with Crippen LogP contribution in [0.3, 0.4) is 0 Å². The van der Waals surface area contributed by atoms with Crippen molar-refractivity contribution >= 4 is 11.9 Å². The standard InChI is InChI=1S/C52H101NO5/c1-4-7-10-13-16-19-22-23-24-25-26-27-28-29-30-33-36-39-42-45-52(57)58-48(43-40-37-34-31-20-17-14-11-8-5-2)46-51(56)53-49(47-54)50(55)44-41-38-35-32-21-18-15-12-9-6-3/h17,20,48-50,54-55H,4-16,18-19,21-47H2,1-3H3,(H,53,56)/b20-17-. The van der Waals surface area contributed by atoms with Crippen molar-refractivity contribution in [2.45, 2.75) is 302 Å². The number of amides is 1. The van der Waals surface area contributed by atoms with E-state index in [9.17, 15) is 19.8 Å². The second-order valence-electron chi connectivity index (χ2n) is 17.9. The highest BCUT2D eigenvalue weighted by atomic mass is 16.5. The maximum atomic E-state index is 13.1. The van der Waals surface area contributed by atoms with Crippen LogP contribution in [0.5, 0.6) is 0 Å². The van der Waals surface area contributed by atoms with Crippen LogP contribution in [0.4, 0.5) is 0 Å². The number of esters is 1. The summed E-state index contributed by atoms with van der Waals surface area (Å²) >= 11 is 0. The van der Waals surface area contributed by atoms with E-state index in [1.54, 1.807) is 0 Å². The minimum atomic E-state index is -0.784. The fraction of sp³-hybridized carbons (Fsp3) is 0.923. The first-order valence-corrected chi connectivity index (χ1v) is 25.9. The van der Waals surface area contributed by atoms with Crippen LogP contribution >= 0.6 is 0 Å². The third-order valence-electron chi connectivity index (χ3n) is 12.1. The number of carbonyl (C=O) groups excluding carboxylic acids is 2. The number of nitrogens with one attached hydrogen (secondary N) is 1. The first-order valence-electron chi connectivity index (χ1n) is 25.9. The summed E-state index contributed by atoms with van der Waals surface area (Å²) in [6.45, 7) is 6.46. The molecule has 6 nitrogen and oxygen atoms in total. The fourth-order valence-corrected chi connectivity index (χ4v) is 8.13. The van der Waals surface area contributed by atoms with Crippen LogP contribution in [0.1, 0.15) is 284 Å². The molecule has 0 rings (SSSR count). The number of unbranched alkanes of at least 4 members (excludes halogenated alkanes) is 33. The zero-order chi connectivity index (χ0) is 42.4. The van der Waals surface area contributed by atoms with E-state index in [0.717, 1.165) is 64.2 Å². The lowest BCUT2D eigenvalue weighted by Gasteiger charge is -2.24. The lowest BCUT2D eigenvalue weighted by molar-refractivity contribution is -0.151. The number of rotatable bonds is 47. The van der Waals surface area contributed by atoms with E-state index in [0.29, 0.717) is 19.3 Å². The highest BCUT2D eigenvalue weighted by molar-refractivity contribution is 5.77. The molecule has 0 heterocycles. The Kier molecular flexibility index (Phi) is 45.5. The van der Waals surface area contributed by atoms with Crippen LogP contribution in [-0.2, 0) is 14.3 Å². The molecule has 0 fully saturated rings. The van der Waals surface area contributed by atoms with Crippen LogP contribution < -0.4 is 5.32 Å². The molecule has 3 N–H and O–H groups in total. The second kappa shape index (κ2) is 46.7. The van der Waals surface area contributed by atoms with Crippen molar-refractivity contribution < 1.29 is 24.5 Å². The number of hydrogen-bond donors (Lipinski definition) is 3. The molecule has 0 bridgehead atoms. The Morgan fingerprint density at radius 3 is 1.26 bits per heavy atom. The van der Waals surface area contributed by atoms with Crippen LogP contribution in [0.15, 0.2) is 12.2 Å². The van der Waals surface area contributed by atoms with Gasteiger partial charge in [-0.15, -0.1) is 0 Å².